The fourth-order valence-electron chi connectivity index (χ4n) is 2.71. The van der Waals surface area contributed by atoms with Crippen molar-refractivity contribution in [3.05, 3.63) is 0 Å². The third kappa shape index (κ3) is 10.3. The zero-order valence-corrected chi connectivity index (χ0v) is 20.2. The number of hydrogen-bond acceptors (Lipinski definition) is 10. The van der Waals surface area contributed by atoms with Crippen LogP contribution in [0.2, 0.25) is 0 Å². The number of aliphatic hydroxyl groups is 2. The number of aliphatic hydroxyl groups excluding tert-OH is 2. The van der Waals surface area contributed by atoms with Crippen molar-refractivity contribution >= 4 is 21.1 Å². The number of nitrogens with zero attached hydrogens (tertiary/aromatic N) is 1. The summed E-state index contributed by atoms with van der Waals surface area (Å²) in [5.41, 5.74) is -1.59. The Kier molecular flexibility index (Phi) is 16.1. The topological polar surface area (TPSA) is 144 Å². The summed E-state index contributed by atoms with van der Waals surface area (Å²) in [5, 5.41) is 20.6. The number of hydrogen-bond donors (Lipinski definition) is 3. The Balaban J connectivity index is 5.44. The third-order valence-corrected chi connectivity index (χ3v) is 9.46. The van der Waals surface area contributed by atoms with Crippen LogP contribution >= 0.6 is 15.2 Å². The van der Waals surface area contributed by atoms with E-state index in [9.17, 15) is 13.9 Å². The number of nitrogens with one attached hydrogen (secondary N) is 1. The molecule has 0 saturated carbocycles. The second kappa shape index (κ2) is 16.3. The molecule has 0 heterocycles. The van der Waals surface area contributed by atoms with Crippen molar-refractivity contribution in [2.75, 3.05) is 59.3 Å². The van der Waals surface area contributed by atoms with Gasteiger partial charge in [0.15, 0.2) is 0 Å². The minimum Gasteiger partial charge on any atom is -0.395 e. The lowest BCUT2D eigenvalue weighted by Gasteiger charge is -2.31. The Labute approximate surface area is 179 Å². The lowest BCUT2D eigenvalue weighted by molar-refractivity contribution is -0.121. The number of carbonyl (C=O) groups is 1. The minimum atomic E-state index is -4.06. The standard InChI is InChI=1S/C17H38N2O9P2/c1-5-25-29(23,26-6-2)17(30(24,27-7-3)28-8-4)18-16(22)10-9-11-19(12-14-20)13-15-21/h17,20-21H,5-15H2,1-4H3,(H,18,22). The number of rotatable bonds is 19. The van der Waals surface area contributed by atoms with Crippen LogP contribution in [0.25, 0.3) is 0 Å². The summed E-state index contributed by atoms with van der Waals surface area (Å²) in [5.74, 6) is -0.521. The van der Waals surface area contributed by atoms with Gasteiger partial charge < -0.3 is 33.6 Å². The number of carbonyl (C=O) groups excluding carboxylic acids is 1. The zero-order chi connectivity index (χ0) is 23.0. The van der Waals surface area contributed by atoms with Crippen molar-refractivity contribution in [1.82, 2.24) is 10.2 Å². The molecule has 0 aliphatic rings. The summed E-state index contributed by atoms with van der Waals surface area (Å²) < 4.78 is 47.9. The average Bonchev–Trinajstić information content (AvgIpc) is 2.67. The highest BCUT2D eigenvalue weighted by Crippen LogP contribution is 2.69. The molecule has 0 atom stereocenters. The average molecular weight is 476 g/mol. The molecule has 0 unspecified atom stereocenters. The Morgan fingerprint density at radius 3 is 1.57 bits per heavy atom. The van der Waals surface area contributed by atoms with E-state index in [-0.39, 0.29) is 46.1 Å². The van der Waals surface area contributed by atoms with Gasteiger partial charge in [-0.05, 0) is 40.7 Å². The highest BCUT2D eigenvalue weighted by Gasteiger charge is 2.51. The van der Waals surface area contributed by atoms with E-state index in [1.807, 2.05) is 0 Å². The molecule has 0 bridgehead atoms. The van der Waals surface area contributed by atoms with Gasteiger partial charge in [0.05, 0.1) is 39.6 Å². The SMILES string of the molecule is CCOP(=O)(OCC)C(NC(=O)CCCN(CCO)CCO)P(=O)(OCC)OCC. The zero-order valence-electron chi connectivity index (χ0n) is 18.4. The Morgan fingerprint density at radius 1 is 0.833 bits per heavy atom. The third-order valence-electron chi connectivity index (χ3n) is 3.84. The van der Waals surface area contributed by atoms with Gasteiger partial charge in [-0.15, -0.1) is 0 Å². The Morgan fingerprint density at radius 2 is 1.23 bits per heavy atom. The first-order chi connectivity index (χ1) is 14.3. The monoisotopic (exact) mass is 476 g/mol. The summed E-state index contributed by atoms with van der Waals surface area (Å²) >= 11 is 0. The quantitative estimate of drug-likeness (QED) is 0.237. The summed E-state index contributed by atoms with van der Waals surface area (Å²) in [4.78, 5) is 14.4. The van der Waals surface area contributed by atoms with E-state index in [1.54, 1.807) is 32.6 Å². The van der Waals surface area contributed by atoms with Crippen LogP contribution in [0.1, 0.15) is 40.5 Å². The van der Waals surface area contributed by atoms with Crippen molar-refractivity contribution in [2.24, 2.45) is 0 Å². The van der Waals surface area contributed by atoms with Crippen LogP contribution < -0.4 is 5.32 Å². The molecule has 0 aliphatic carbocycles. The van der Waals surface area contributed by atoms with Gasteiger partial charge >= 0.3 is 15.2 Å². The van der Waals surface area contributed by atoms with E-state index in [2.05, 4.69) is 5.32 Å². The first kappa shape index (κ1) is 29.7. The maximum absolute atomic E-state index is 13.3. The van der Waals surface area contributed by atoms with E-state index >= 15 is 0 Å². The van der Waals surface area contributed by atoms with Crippen LogP contribution in [0.3, 0.4) is 0 Å². The van der Waals surface area contributed by atoms with Gasteiger partial charge in [0.1, 0.15) is 0 Å². The summed E-state index contributed by atoms with van der Waals surface area (Å²) in [6, 6.07) is 0. The van der Waals surface area contributed by atoms with Crippen LogP contribution in [0.5, 0.6) is 0 Å². The predicted octanol–water partition coefficient (Wildman–Crippen LogP) is 1.99. The van der Waals surface area contributed by atoms with Gasteiger partial charge in [-0.25, -0.2) is 0 Å². The maximum Gasteiger partial charge on any atom is 0.365 e. The lowest BCUT2D eigenvalue weighted by atomic mass is 10.2. The Hall–Kier alpha value is -0.350. The number of amides is 1. The fourth-order valence-corrected chi connectivity index (χ4v) is 7.65. The molecular weight excluding hydrogens is 438 g/mol. The van der Waals surface area contributed by atoms with E-state index in [1.165, 1.54) is 0 Å². The van der Waals surface area contributed by atoms with E-state index < -0.39 is 26.6 Å². The molecule has 3 N–H and O–H groups in total. The molecule has 13 heteroatoms. The van der Waals surface area contributed by atoms with Crippen molar-refractivity contribution in [3.63, 3.8) is 0 Å². The normalized spacial score (nSPS) is 12.7. The smallest absolute Gasteiger partial charge is 0.365 e. The molecule has 0 aromatic rings. The molecule has 1 amide bonds. The molecule has 0 rings (SSSR count). The maximum atomic E-state index is 13.3. The lowest BCUT2D eigenvalue weighted by Crippen LogP contribution is -2.37. The van der Waals surface area contributed by atoms with Gasteiger partial charge in [-0.1, -0.05) is 0 Å². The van der Waals surface area contributed by atoms with Crippen LogP contribution in [-0.4, -0.2) is 85.8 Å². The summed E-state index contributed by atoms with van der Waals surface area (Å²) in [7, 11) is -8.12. The molecule has 0 saturated heterocycles. The molecule has 0 fully saturated rings. The summed E-state index contributed by atoms with van der Waals surface area (Å²) in [6.45, 7) is 7.55. The molecular formula is C17H38N2O9P2. The summed E-state index contributed by atoms with van der Waals surface area (Å²) in [6.07, 6.45) is 0.431. The van der Waals surface area contributed by atoms with Gasteiger partial charge in [-0.2, -0.15) is 0 Å². The second-order valence-corrected chi connectivity index (χ2v) is 10.7. The largest absolute Gasteiger partial charge is 0.395 e. The fraction of sp³-hybridized carbons (Fsp3) is 0.941. The highest BCUT2D eigenvalue weighted by molar-refractivity contribution is 7.72. The molecule has 0 spiro atoms. The second-order valence-electron chi connectivity index (χ2n) is 6.08. The molecule has 0 aliphatic heterocycles. The van der Waals surface area contributed by atoms with Crippen molar-refractivity contribution < 1.29 is 42.2 Å². The first-order valence-electron chi connectivity index (χ1n) is 10.3. The van der Waals surface area contributed by atoms with Crippen molar-refractivity contribution in [3.8, 4) is 0 Å². The van der Waals surface area contributed by atoms with Crippen LogP contribution in [0, 0.1) is 0 Å². The van der Waals surface area contributed by atoms with Gasteiger partial charge in [0.25, 0.3) is 0 Å². The van der Waals surface area contributed by atoms with E-state index in [0.29, 0.717) is 26.1 Å². The highest BCUT2D eigenvalue weighted by atomic mass is 31.2. The predicted molar refractivity (Wildman–Crippen MR) is 113 cm³/mol. The molecule has 11 nitrogen and oxygen atoms in total. The molecule has 0 aromatic carbocycles. The van der Waals surface area contributed by atoms with Gasteiger partial charge in [-0.3, -0.25) is 18.8 Å². The van der Waals surface area contributed by atoms with Crippen LogP contribution in [-0.2, 0) is 32.0 Å². The minimum absolute atomic E-state index is 0.0131. The van der Waals surface area contributed by atoms with Gasteiger partial charge in [0.2, 0.25) is 11.4 Å². The van der Waals surface area contributed by atoms with Crippen molar-refractivity contribution in [1.29, 1.82) is 0 Å². The van der Waals surface area contributed by atoms with Crippen molar-refractivity contribution in [2.45, 2.75) is 46.1 Å². The van der Waals surface area contributed by atoms with E-state index in [4.69, 9.17) is 28.3 Å². The van der Waals surface area contributed by atoms with E-state index in [0.717, 1.165) is 0 Å². The first-order valence-corrected chi connectivity index (χ1v) is 13.5. The molecule has 0 aromatic heterocycles. The Bertz CT molecular complexity index is 509. The van der Waals surface area contributed by atoms with Gasteiger partial charge in [0, 0.05) is 19.5 Å². The molecule has 0 radical (unpaired) electrons. The molecule has 180 valence electrons. The van der Waals surface area contributed by atoms with Crippen LogP contribution in [0.4, 0.5) is 0 Å². The van der Waals surface area contributed by atoms with Crippen LogP contribution in [0.15, 0.2) is 0 Å². The molecule has 30 heavy (non-hydrogen) atoms.